The monoisotopic (exact) mass is 146 g/mol. The minimum absolute atomic E-state index is 0.229. The van der Waals surface area contributed by atoms with Gasteiger partial charge in [0, 0.05) is 0 Å². The Kier molecular flexibility index (Phi) is 2.08. The molecule has 0 saturated carbocycles. The molecule has 5 heteroatoms. The van der Waals surface area contributed by atoms with Gasteiger partial charge in [0.25, 0.3) is 0 Å². The lowest BCUT2D eigenvalue weighted by atomic mass is 10.2. The van der Waals surface area contributed by atoms with Crippen molar-refractivity contribution >= 4 is 6.09 Å². The molecule has 10 heavy (non-hydrogen) atoms. The zero-order valence-corrected chi connectivity index (χ0v) is 5.45. The van der Waals surface area contributed by atoms with Gasteiger partial charge in [0.2, 0.25) is 0 Å². The maximum Gasteiger partial charge on any atom is 0.404 e. The third-order valence-corrected chi connectivity index (χ3v) is 1.34. The second-order valence-corrected chi connectivity index (χ2v) is 2.18. The van der Waals surface area contributed by atoms with E-state index in [0.29, 0.717) is 13.2 Å². The fraction of sp³-hybridized carbons (Fsp3) is 0.800. The first-order valence-corrected chi connectivity index (χ1v) is 2.99. The molecule has 0 aromatic heterocycles. The van der Waals surface area contributed by atoms with Crippen LogP contribution in [0.3, 0.4) is 0 Å². The molecule has 0 aromatic rings. The Labute approximate surface area is 58.3 Å². The summed E-state index contributed by atoms with van der Waals surface area (Å²) in [7, 11) is 0. The van der Waals surface area contributed by atoms with E-state index < -0.39 is 6.09 Å². The first kappa shape index (κ1) is 7.30. The molecule has 1 fully saturated rings. The number of hydrogen-bond donors (Lipinski definition) is 2. The standard InChI is InChI=1S/C5H10N2O3/c6-3-1-9-2-4(3)10-5(7)8/h3-4H,1-2,6H2,(H2,7,8). The molecule has 0 radical (unpaired) electrons. The number of amides is 1. The molecule has 4 N–H and O–H groups in total. The van der Waals surface area contributed by atoms with Crippen LogP contribution in [0.4, 0.5) is 4.79 Å². The highest BCUT2D eigenvalue weighted by molar-refractivity contribution is 5.64. The zero-order valence-electron chi connectivity index (χ0n) is 5.45. The van der Waals surface area contributed by atoms with Crippen LogP contribution in [0.15, 0.2) is 0 Å². The van der Waals surface area contributed by atoms with Crippen LogP contribution in [0.5, 0.6) is 0 Å². The summed E-state index contributed by atoms with van der Waals surface area (Å²) in [5.41, 5.74) is 10.2. The number of rotatable bonds is 1. The molecule has 1 aliphatic heterocycles. The Morgan fingerprint density at radius 1 is 1.60 bits per heavy atom. The molecule has 0 bridgehead atoms. The molecule has 1 rings (SSSR count). The summed E-state index contributed by atoms with van der Waals surface area (Å²) in [5.74, 6) is 0. The Balaban J connectivity index is 2.33. The van der Waals surface area contributed by atoms with Gasteiger partial charge in [-0.1, -0.05) is 0 Å². The summed E-state index contributed by atoms with van der Waals surface area (Å²) in [5, 5.41) is 0. The molecule has 1 saturated heterocycles. The van der Waals surface area contributed by atoms with Gasteiger partial charge >= 0.3 is 6.09 Å². The Bertz CT molecular complexity index is 139. The molecule has 58 valence electrons. The van der Waals surface area contributed by atoms with E-state index in [1.807, 2.05) is 0 Å². The molecule has 1 amide bonds. The second kappa shape index (κ2) is 2.85. The predicted molar refractivity (Wildman–Crippen MR) is 33.3 cm³/mol. The van der Waals surface area contributed by atoms with Gasteiger partial charge in [-0.3, -0.25) is 0 Å². The average molecular weight is 146 g/mol. The van der Waals surface area contributed by atoms with Gasteiger partial charge < -0.3 is 20.9 Å². The van der Waals surface area contributed by atoms with E-state index >= 15 is 0 Å². The van der Waals surface area contributed by atoms with Crippen molar-refractivity contribution in [1.82, 2.24) is 0 Å². The van der Waals surface area contributed by atoms with E-state index in [1.54, 1.807) is 0 Å². The third-order valence-electron chi connectivity index (χ3n) is 1.34. The van der Waals surface area contributed by atoms with E-state index in [-0.39, 0.29) is 12.1 Å². The van der Waals surface area contributed by atoms with E-state index in [4.69, 9.17) is 16.2 Å². The maximum absolute atomic E-state index is 10.2. The van der Waals surface area contributed by atoms with Crippen LogP contribution in [0, 0.1) is 0 Å². The minimum Gasteiger partial charge on any atom is -0.442 e. The SMILES string of the molecule is NC(=O)OC1COCC1N. The summed E-state index contributed by atoms with van der Waals surface area (Å²) in [6.07, 6.45) is -1.16. The zero-order chi connectivity index (χ0) is 7.56. The topological polar surface area (TPSA) is 87.6 Å². The summed E-state index contributed by atoms with van der Waals surface area (Å²) in [6.45, 7) is 0.780. The molecule has 0 spiro atoms. The van der Waals surface area contributed by atoms with Crippen molar-refractivity contribution < 1.29 is 14.3 Å². The predicted octanol–water partition coefficient (Wildman–Crippen LogP) is -1.19. The fourth-order valence-corrected chi connectivity index (χ4v) is 0.822. The molecule has 5 nitrogen and oxygen atoms in total. The van der Waals surface area contributed by atoms with Crippen molar-refractivity contribution in [2.24, 2.45) is 11.5 Å². The normalized spacial score (nSPS) is 32.1. The Morgan fingerprint density at radius 2 is 2.30 bits per heavy atom. The van der Waals surface area contributed by atoms with Crippen LogP contribution in [-0.2, 0) is 9.47 Å². The lowest BCUT2D eigenvalue weighted by molar-refractivity contribution is 0.0867. The van der Waals surface area contributed by atoms with Gasteiger partial charge in [-0.25, -0.2) is 4.79 Å². The molecular formula is C5H10N2O3. The fourth-order valence-electron chi connectivity index (χ4n) is 0.822. The van der Waals surface area contributed by atoms with Crippen molar-refractivity contribution in [3.63, 3.8) is 0 Å². The lowest BCUT2D eigenvalue weighted by Crippen LogP contribution is -2.37. The molecule has 2 atom stereocenters. The number of nitrogens with two attached hydrogens (primary N) is 2. The third kappa shape index (κ3) is 1.58. The first-order chi connectivity index (χ1) is 4.70. The van der Waals surface area contributed by atoms with Gasteiger partial charge in [-0.15, -0.1) is 0 Å². The van der Waals surface area contributed by atoms with Gasteiger partial charge in [-0.05, 0) is 0 Å². The largest absolute Gasteiger partial charge is 0.442 e. The van der Waals surface area contributed by atoms with Gasteiger partial charge in [0.15, 0.2) is 0 Å². The highest BCUT2D eigenvalue weighted by Crippen LogP contribution is 2.06. The Morgan fingerprint density at radius 3 is 2.70 bits per heavy atom. The second-order valence-electron chi connectivity index (χ2n) is 2.18. The quantitative estimate of drug-likeness (QED) is 0.486. The Hall–Kier alpha value is -0.810. The molecular weight excluding hydrogens is 136 g/mol. The lowest BCUT2D eigenvalue weighted by Gasteiger charge is -2.11. The van der Waals surface area contributed by atoms with Crippen LogP contribution in [0.25, 0.3) is 0 Å². The van der Waals surface area contributed by atoms with Gasteiger partial charge in [0.1, 0.15) is 6.10 Å². The average Bonchev–Trinajstić information content (AvgIpc) is 2.15. The minimum atomic E-state index is -0.800. The molecule has 0 aromatic carbocycles. The van der Waals surface area contributed by atoms with Crippen molar-refractivity contribution in [3.8, 4) is 0 Å². The summed E-state index contributed by atoms with van der Waals surface area (Å²) in [6, 6.07) is -0.229. The van der Waals surface area contributed by atoms with E-state index in [9.17, 15) is 4.79 Å². The maximum atomic E-state index is 10.2. The van der Waals surface area contributed by atoms with Crippen molar-refractivity contribution in [2.75, 3.05) is 13.2 Å². The van der Waals surface area contributed by atoms with Crippen LogP contribution in [0.2, 0.25) is 0 Å². The number of carbonyl (C=O) groups is 1. The molecule has 0 aliphatic carbocycles. The van der Waals surface area contributed by atoms with Crippen molar-refractivity contribution in [2.45, 2.75) is 12.1 Å². The summed E-state index contributed by atoms with van der Waals surface area (Å²) in [4.78, 5) is 10.2. The number of primary amides is 1. The van der Waals surface area contributed by atoms with E-state index in [2.05, 4.69) is 4.74 Å². The molecule has 1 heterocycles. The van der Waals surface area contributed by atoms with Crippen LogP contribution >= 0.6 is 0 Å². The number of carbonyl (C=O) groups excluding carboxylic acids is 1. The smallest absolute Gasteiger partial charge is 0.404 e. The van der Waals surface area contributed by atoms with Crippen molar-refractivity contribution in [1.29, 1.82) is 0 Å². The summed E-state index contributed by atoms with van der Waals surface area (Å²) < 4.78 is 9.52. The molecule has 1 aliphatic rings. The molecule has 2 unspecified atom stereocenters. The van der Waals surface area contributed by atoms with Gasteiger partial charge in [-0.2, -0.15) is 0 Å². The van der Waals surface area contributed by atoms with Crippen LogP contribution < -0.4 is 11.5 Å². The van der Waals surface area contributed by atoms with Gasteiger partial charge in [0.05, 0.1) is 19.3 Å². The first-order valence-electron chi connectivity index (χ1n) is 2.99. The van der Waals surface area contributed by atoms with Crippen LogP contribution in [-0.4, -0.2) is 31.5 Å². The van der Waals surface area contributed by atoms with Crippen molar-refractivity contribution in [3.05, 3.63) is 0 Å². The van der Waals surface area contributed by atoms with E-state index in [1.165, 1.54) is 0 Å². The summed E-state index contributed by atoms with van der Waals surface area (Å²) >= 11 is 0. The van der Waals surface area contributed by atoms with Crippen LogP contribution in [0.1, 0.15) is 0 Å². The van der Waals surface area contributed by atoms with E-state index in [0.717, 1.165) is 0 Å². The highest BCUT2D eigenvalue weighted by Gasteiger charge is 2.27. The number of hydrogen-bond acceptors (Lipinski definition) is 4. The highest BCUT2D eigenvalue weighted by atomic mass is 16.6. The number of ether oxygens (including phenoxy) is 2.